The minimum absolute atomic E-state index is 0.0266. The number of carbonyl (C=O) groups excluding carboxylic acids is 2. The van der Waals surface area contributed by atoms with Crippen LogP contribution in [0.15, 0.2) is 48.8 Å². The maximum absolute atomic E-state index is 13.0. The molecule has 7 nitrogen and oxygen atoms in total. The molecular formula is C26H33N3O4. The molecular weight excluding hydrogens is 418 g/mol. The summed E-state index contributed by atoms with van der Waals surface area (Å²) in [6.45, 7) is 3.72. The second kappa shape index (κ2) is 10.8. The average Bonchev–Trinajstić information content (AvgIpc) is 2.86. The van der Waals surface area contributed by atoms with E-state index in [0.717, 1.165) is 32.1 Å². The number of fused-ring (bicyclic) bond motifs is 1. The molecule has 1 aromatic carbocycles. The summed E-state index contributed by atoms with van der Waals surface area (Å²) in [5.74, 6) is 0.626. The van der Waals surface area contributed by atoms with Crippen molar-refractivity contribution in [1.82, 2.24) is 14.8 Å². The van der Waals surface area contributed by atoms with Gasteiger partial charge in [-0.3, -0.25) is 14.6 Å². The van der Waals surface area contributed by atoms with E-state index in [2.05, 4.69) is 4.98 Å². The van der Waals surface area contributed by atoms with Gasteiger partial charge in [-0.1, -0.05) is 18.6 Å². The van der Waals surface area contributed by atoms with Crippen LogP contribution >= 0.6 is 0 Å². The second-order valence-corrected chi connectivity index (χ2v) is 9.11. The largest absolute Gasteiger partial charge is 0.492 e. The Morgan fingerprint density at radius 2 is 1.73 bits per heavy atom. The molecule has 2 aliphatic rings. The molecule has 2 amide bonds. The average molecular weight is 452 g/mol. The highest BCUT2D eigenvalue weighted by Gasteiger charge is 2.37. The Labute approximate surface area is 195 Å². The highest BCUT2D eigenvalue weighted by molar-refractivity contribution is 5.96. The lowest BCUT2D eigenvalue weighted by Gasteiger charge is -2.42. The number of likely N-dealkylation sites (tertiary alicyclic amines) is 1. The summed E-state index contributed by atoms with van der Waals surface area (Å²) >= 11 is 0. The highest BCUT2D eigenvalue weighted by atomic mass is 16.5. The van der Waals surface area contributed by atoms with E-state index in [4.69, 9.17) is 9.47 Å². The third-order valence-corrected chi connectivity index (χ3v) is 6.85. The van der Waals surface area contributed by atoms with Gasteiger partial charge in [-0.05, 0) is 49.9 Å². The Balaban J connectivity index is 1.49. The maximum Gasteiger partial charge on any atom is 0.257 e. The van der Waals surface area contributed by atoms with E-state index >= 15 is 0 Å². The second-order valence-electron chi connectivity index (χ2n) is 9.11. The van der Waals surface area contributed by atoms with E-state index in [0.29, 0.717) is 56.3 Å². The molecule has 0 unspecified atom stereocenters. The van der Waals surface area contributed by atoms with Gasteiger partial charge in [0.25, 0.3) is 11.8 Å². The van der Waals surface area contributed by atoms with E-state index in [1.54, 1.807) is 36.5 Å². The lowest BCUT2D eigenvalue weighted by molar-refractivity contribution is 0.0329. The lowest BCUT2D eigenvalue weighted by Crippen LogP contribution is -2.45. The van der Waals surface area contributed by atoms with Gasteiger partial charge < -0.3 is 19.3 Å². The SMILES string of the molecule is CN1CCOCCCCC2(CCN(C(=O)c3ccncc3)CC2)COc2ccccc2C1=O. The molecule has 1 fully saturated rings. The molecule has 2 aliphatic heterocycles. The van der Waals surface area contributed by atoms with Gasteiger partial charge in [0, 0.05) is 56.7 Å². The topological polar surface area (TPSA) is 72.0 Å². The van der Waals surface area contributed by atoms with Gasteiger partial charge in [0.05, 0.1) is 18.8 Å². The lowest BCUT2D eigenvalue weighted by atomic mass is 9.75. The van der Waals surface area contributed by atoms with Crippen molar-refractivity contribution in [2.75, 3.05) is 46.5 Å². The van der Waals surface area contributed by atoms with E-state index in [-0.39, 0.29) is 17.2 Å². The van der Waals surface area contributed by atoms with Crippen molar-refractivity contribution in [2.24, 2.45) is 5.41 Å². The van der Waals surface area contributed by atoms with Crippen LogP contribution in [0.5, 0.6) is 5.75 Å². The zero-order valence-electron chi connectivity index (χ0n) is 19.4. The van der Waals surface area contributed by atoms with Crippen molar-refractivity contribution < 1.29 is 19.1 Å². The Bertz CT molecular complexity index is 942. The number of hydrogen-bond acceptors (Lipinski definition) is 5. The minimum atomic E-state index is -0.0573. The third-order valence-electron chi connectivity index (χ3n) is 6.85. The highest BCUT2D eigenvalue weighted by Crippen LogP contribution is 2.38. The zero-order chi connectivity index (χ0) is 23.1. The van der Waals surface area contributed by atoms with Crippen LogP contribution in [-0.4, -0.2) is 73.1 Å². The third kappa shape index (κ3) is 5.71. The predicted octanol–water partition coefficient (Wildman–Crippen LogP) is 3.66. The molecule has 7 heteroatoms. The van der Waals surface area contributed by atoms with E-state index < -0.39 is 0 Å². The number of amides is 2. The van der Waals surface area contributed by atoms with Crippen molar-refractivity contribution in [2.45, 2.75) is 32.1 Å². The fraction of sp³-hybridized carbons (Fsp3) is 0.500. The van der Waals surface area contributed by atoms with E-state index in [1.807, 2.05) is 29.2 Å². The summed E-state index contributed by atoms with van der Waals surface area (Å²) in [6.07, 6.45) is 8.11. The Morgan fingerprint density at radius 3 is 2.52 bits per heavy atom. The number of piperidine rings is 1. The van der Waals surface area contributed by atoms with Crippen molar-refractivity contribution in [1.29, 1.82) is 0 Å². The molecule has 1 aromatic heterocycles. The first-order valence-corrected chi connectivity index (χ1v) is 11.8. The van der Waals surface area contributed by atoms with E-state index in [9.17, 15) is 9.59 Å². The normalized spacial score (nSPS) is 20.0. The van der Waals surface area contributed by atoms with Crippen molar-refractivity contribution >= 4 is 11.8 Å². The van der Waals surface area contributed by atoms with Crippen LogP contribution in [0.2, 0.25) is 0 Å². The van der Waals surface area contributed by atoms with Crippen LogP contribution in [0.25, 0.3) is 0 Å². The molecule has 33 heavy (non-hydrogen) atoms. The summed E-state index contributed by atoms with van der Waals surface area (Å²) in [5.41, 5.74) is 1.23. The summed E-state index contributed by atoms with van der Waals surface area (Å²) in [6, 6.07) is 11.0. The number of likely N-dealkylation sites (N-methyl/N-ethyl adjacent to an activating group) is 1. The summed E-state index contributed by atoms with van der Waals surface area (Å²) < 4.78 is 12.1. The van der Waals surface area contributed by atoms with Gasteiger partial charge in [-0.2, -0.15) is 0 Å². The number of rotatable bonds is 1. The fourth-order valence-electron chi connectivity index (χ4n) is 4.64. The first-order chi connectivity index (χ1) is 16.1. The summed E-state index contributed by atoms with van der Waals surface area (Å²) in [4.78, 5) is 33.5. The number of aromatic nitrogens is 1. The van der Waals surface area contributed by atoms with Crippen molar-refractivity contribution in [3.05, 3.63) is 59.9 Å². The Hall–Kier alpha value is -2.93. The molecule has 0 radical (unpaired) electrons. The van der Waals surface area contributed by atoms with Crippen LogP contribution in [0.4, 0.5) is 0 Å². The molecule has 4 rings (SSSR count). The van der Waals surface area contributed by atoms with Crippen LogP contribution in [0.1, 0.15) is 52.8 Å². The van der Waals surface area contributed by atoms with Gasteiger partial charge in [-0.15, -0.1) is 0 Å². The number of ether oxygens (including phenoxy) is 2. The fourth-order valence-corrected chi connectivity index (χ4v) is 4.64. The van der Waals surface area contributed by atoms with Crippen molar-refractivity contribution in [3.8, 4) is 5.75 Å². The Morgan fingerprint density at radius 1 is 0.970 bits per heavy atom. The van der Waals surface area contributed by atoms with Crippen LogP contribution < -0.4 is 4.74 Å². The van der Waals surface area contributed by atoms with Crippen LogP contribution in [-0.2, 0) is 4.74 Å². The predicted molar refractivity (Wildman–Crippen MR) is 125 cm³/mol. The monoisotopic (exact) mass is 451 g/mol. The van der Waals surface area contributed by atoms with Gasteiger partial charge in [-0.25, -0.2) is 0 Å². The number of benzene rings is 1. The molecule has 2 aromatic rings. The van der Waals surface area contributed by atoms with Gasteiger partial charge in [0.15, 0.2) is 0 Å². The van der Waals surface area contributed by atoms with Gasteiger partial charge in [0.1, 0.15) is 5.75 Å². The summed E-state index contributed by atoms with van der Waals surface area (Å²) in [7, 11) is 1.80. The van der Waals surface area contributed by atoms with Crippen LogP contribution in [0, 0.1) is 5.41 Å². The minimum Gasteiger partial charge on any atom is -0.492 e. The zero-order valence-corrected chi connectivity index (χ0v) is 19.4. The molecule has 0 aliphatic carbocycles. The quantitative estimate of drug-likeness (QED) is 0.662. The number of nitrogens with zero attached hydrogens (tertiary/aromatic N) is 3. The number of carbonyl (C=O) groups is 2. The van der Waals surface area contributed by atoms with Crippen molar-refractivity contribution in [3.63, 3.8) is 0 Å². The summed E-state index contributed by atoms with van der Waals surface area (Å²) in [5, 5.41) is 0. The number of hydrogen-bond donors (Lipinski definition) is 0. The molecule has 0 atom stereocenters. The van der Waals surface area contributed by atoms with Gasteiger partial charge >= 0.3 is 0 Å². The molecule has 0 bridgehead atoms. The molecule has 1 spiro atoms. The molecule has 176 valence electrons. The molecule has 0 N–H and O–H groups in total. The number of pyridine rings is 1. The van der Waals surface area contributed by atoms with Crippen LogP contribution in [0.3, 0.4) is 0 Å². The first kappa shape index (κ1) is 23.2. The Kier molecular flexibility index (Phi) is 7.60. The standard InChI is InChI=1S/C26H33N3O4/c1-28-17-19-32-18-5-4-10-26(20-33-23-7-3-2-6-22(23)25(28)31)11-15-29(16-12-26)24(30)21-8-13-27-14-9-21/h2-3,6-9,13-14H,4-5,10-12,15-20H2,1H3. The maximum atomic E-state index is 13.0. The first-order valence-electron chi connectivity index (χ1n) is 11.8. The van der Waals surface area contributed by atoms with E-state index in [1.165, 1.54) is 0 Å². The van der Waals surface area contributed by atoms with Gasteiger partial charge in [0.2, 0.25) is 0 Å². The molecule has 0 saturated carbocycles. The molecule has 1 saturated heterocycles. The smallest absolute Gasteiger partial charge is 0.257 e. The molecule has 3 heterocycles. The number of para-hydroxylation sites is 1.